The minimum Gasteiger partial charge on any atom is -0.0805 e. The molecule has 0 aromatic carbocycles. The maximum absolute atomic E-state index is 2.27. The average molecular weight is 132 g/mol. The van der Waals surface area contributed by atoms with Gasteiger partial charge in [0, 0.05) is 0 Å². The van der Waals surface area contributed by atoms with Crippen LogP contribution in [0.15, 0.2) is 35.5 Å². The minimum absolute atomic E-state index is 1.20. The van der Waals surface area contributed by atoms with Crippen LogP contribution in [0, 0.1) is 0 Å². The second kappa shape index (κ2) is 2.45. The second-order valence-electron chi connectivity index (χ2n) is 2.97. The highest BCUT2D eigenvalue weighted by Crippen LogP contribution is 2.30. The van der Waals surface area contributed by atoms with Crippen LogP contribution in [0.1, 0.15) is 25.7 Å². The molecule has 0 atom stereocenters. The van der Waals surface area contributed by atoms with Gasteiger partial charge in [0.2, 0.25) is 0 Å². The van der Waals surface area contributed by atoms with Gasteiger partial charge in [-0.05, 0) is 31.3 Å². The average Bonchev–Trinajstić information content (AvgIpc) is 2.28. The van der Waals surface area contributed by atoms with Gasteiger partial charge >= 0.3 is 0 Å². The van der Waals surface area contributed by atoms with Crippen molar-refractivity contribution in [2.24, 2.45) is 0 Å². The van der Waals surface area contributed by atoms with Gasteiger partial charge in [-0.25, -0.2) is 0 Å². The molecule has 0 N–H and O–H groups in total. The molecule has 0 bridgehead atoms. The summed E-state index contributed by atoms with van der Waals surface area (Å²) >= 11 is 0. The summed E-state index contributed by atoms with van der Waals surface area (Å²) in [5, 5.41) is 0. The maximum atomic E-state index is 2.27. The van der Waals surface area contributed by atoms with Crippen molar-refractivity contribution in [3.05, 3.63) is 35.5 Å². The van der Waals surface area contributed by atoms with Crippen LogP contribution in [-0.2, 0) is 0 Å². The van der Waals surface area contributed by atoms with Crippen LogP contribution in [-0.4, -0.2) is 0 Å². The fourth-order valence-electron chi connectivity index (χ4n) is 1.72. The van der Waals surface area contributed by atoms with E-state index in [-0.39, 0.29) is 0 Å². The van der Waals surface area contributed by atoms with Crippen LogP contribution in [0.3, 0.4) is 0 Å². The van der Waals surface area contributed by atoms with E-state index in [1.54, 1.807) is 11.1 Å². The normalized spacial score (nSPS) is 23.2. The highest BCUT2D eigenvalue weighted by molar-refractivity contribution is 5.35. The standard InChI is InChI=1S/C10H12/c1-2-5-9-7-4-8-10(9)6-3-1/h1-3,5H,4,6-8H2. The molecular formula is C10H12. The molecule has 2 aliphatic carbocycles. The molecule has 0 nitrogen and oxygen atoms in total. The van der Waals surface area contributed by atoms with Gasteiger partial charge < -0.3 is 0 Å². The lowest BCUT2D eigenvalue weighted by atomic mass is 10.1. The Morgan fingerprint density at radius 2 is 2.10 bits per heavy atom. The van der Waals surface area contributed by atoms with E-state index in [0.29, 0.717) is 0 Å². The van der Waals surface area contributed by atoms with Crippen molar-refractivity contribution in [1.29, 1.82) is 0 Å². The van der Waals surface area contributed by atoms with E-state index < -0.39 is 0 Å². The lowest BCUT2D eigenvalue weighted by molar-refractivity contribution is 0.887. The topological polar surface area (TPSA) is 0 Å². The van der Waals surface area contributed by atoms with Crippen LogP contribution in [0.2, 0.25) is 0 Å². The monoisotopic (exact) mass is 132 g/mol. The van der Waals surface area contributed by atoms with Crippen LogP contribution in [0.5, 0.6) is 0 Å². The summed E-state index contributed by atoms with van der Waals surface area (Å²) < 4.78 is 0. The number of hydrogen-bond acceptors (Lipinski definition) is 0. The zero-order valence-corrected chi connectivity index (χ0v) is 6.14. The third-order valence-corrected chi connectivity index (χ3v) is 2.29. The predicted molar refractivity (Wildman–Crippen MR) is 43.8 cm³/mol. The summed E-state index contributed by atoms with van der Waals surface area (Å²) in [4.78, 5) is 0. The van der Waals surface area contributed by atoms with E-state index in [2.05, 4.69) is 24.3 Å². The summed E-state index contributed by atoms with van der Waals surface area (Å²) in [6.07, 6.45) is 14.1. The lowest BCUT2D eigenvalue weighted by Gasteiger charge is -1.95. The molecule has 52 valence electrons. The molecule has 0 aromatic heterocycles. The molecule has 0 amide bonds. The first-order valence-electron chi connectivity index (χ1n) is 4.01. The lowest BCUT2D eigenvalue weighted by Crippen LogP contribution is -1.75. The zero-order valence-electron chi connectivity index (χ0n) is 6.14. The molecular weight excluding hydrogens is 120 g/mol. The molecule has 2 rings (SSSR count). The first-order chi connectivity index (χ1) is 4.97. The molecule has 0 aromatic rings. The highest BCUT2D eigenvalue weighted by Gasteiger charge is 2.10. The third kappa shape index (κ3) is 0.942. The molecule has 0 fully saturated rings. The summed E-state index contributed by atoms with van der Waals surface area (Å²) in [5.41, 5.74) is 3.27. The number of allylic oxidation sites excluding steroid dienone is 6. The maximum Gasteiger partial charge on any atom is -0.0130 e. The smallest absolute Gasteiger partial charge is 0.0130 e. The molecule has 0 spiro atoms. The molecule has 0 heterocycles. The molecule has 0 aliphatic heterocycles. The molecule has 10 heavy (non-hydrogen) atoms. The molecule has 0 saturated carbocycles. The van der Waals surface area contributed by atoms with Gasteiger partial charge in [0.05, 0.1) is 0 Å². The van der Waals surface area contributed by atoms with Crippen molar-refractivity contribution in [2.75, 3.05) is 0 Å². The van der Waals surface area contributed by atoms with Crippen LogP contribution >= 0.6 is 0 Å². The molecule has 0 radical (unpaired) electrons. The van der Waals surface area contributed by atoms with Crippen molar-refractivity contribution in [1.82, 2.24) is 0 Å². The Morgan fingerprint density at radius 1 is 1.10 bits per heavy atom. The Hall–Kier alpha value is -0.780. The van der Waals surface area contributed by atoms with Crippen LogP contribution in [0.4, 0.5) is 0 Å². The van der Waals surface area contributed by atoms with Gasteiger partial charge in [0.15, 0.2) is 0 Å². The Morgan fingerprint density at radius 3 is 3.10 bits per heavy atom. The Balaban J connectivity index is 2.30. The SMILES string of the molecule is C1=CCC2=C(C=C1)CCC2. The van der Waals surface area contributed by atoms with Gasteiger partial charge in [-0.1, -0.05) is 29.9 Å². The van der Waals surface area contributed by atoms with Crippen LogP contribution < -0.4 is 0 Å². The minimum atomic E-state index is 1.20. The Bertz CT molecular complexity index is 216. The largest absolute Gasteiger partial charge is 0.0805 e. The van der Waals surface area contributed by atoms with E-state index >= 15 is 0 Å². The van der Waals surface area contributed by atoms with Crippen molar-refractivity contribution < 1.29 is 0 Å². The van der Waals surface area contributed by atoms with Gasteiger partial charge in [-0.2, -0.15) is 0 Å². The van der Waals surface area contributed by atoms with E-state index in [4.69, 9.17) is 0 Å². The van der Waals surface area contributed by atoms with Crippen molar-refractivity contribution >= 4 is 0 Å². The van der Waals surface area contributed by atoms with Gasteiger partial charge in [0.25, 0.3) is 0 Å². The molecule has 0 heteroatoms. The fraction of sp³-hybridized carbons (Fsp3) is 0.400. The van der Waals surface area contributed by atoms with Gasteiger partial charge in [-0.3, -0.25) is 0 Å². The number of hydrogen-bond donors (Lipinski definition) is 0. The van der Waals surface area contributed by atoms with E-state index in [1.807, 2.05) is 0 Å². The first-order valence-corrected chi connectivity index (χ1v) is 4.01. The van der Waals surface area contributed by atoms with Crippen LogP contribution in [0.25, 0.3) is 0 Å². The Labute approximate surface area is 61.9 Å². The molecule has 2 aliphatic rings. The van der Waals surface area contributed by atoms with E-state index in [0.717, 1.165) is 0 Å². The predicted octanol–water partition coefficient (Wildman–Crippen LogP) is 2.98. The third-order valence-electron chi connectivity index (χ3n) is 2.29. The summed E-state index contributed by atoms with van der Waals surface area (Å²) in [5.74, 6) is 0. The van der Waals surface area contributed by atoms with Gasteiger partial charge in [0.1, 0.15) is 0 Å². The van der Waals surface area contributed by atoms with E-state index in [1.165, 1.54) is 25.7 Å². The summed E-state index contributed by atoms with van der Waals surface area (Å²) in [6.45, 7) is 0. The molecule has 0 saturated heterocycles. The fourth-order valence-corrected chi connectivity index (χ4v) is 1.72. The van der Waals surface area contributed by atoms with Crippen molar-refractivity contribution in [3.8, 4) is 0 Å². The quantitative estimate of drug-likeness (QED) is 0.475. The summed E-state index contributed by atoms with van der Waals surface area (Å²) in [6, 6.07) is 0. The zero-order chi connectivity index (χ0) is 6.81. The Kier molecular flexibility index (Phi) is 1.46. The van der Waals surface area contributed by atoms with Gasteiger partial charge in [-0.15, -0.1) is 0 Å². The highest BCUT2D eigenvalue weighted by atomic mass is 14.2. The second-order valence-corrected chi connectivity index (χ2v) is 2.97. The number of rotatable bonds is 0. The van der Waals surface area contributed by atoms with Crippen molar-refractivity contribution in [2.45, 2.75) is 25.7 Å². The van der Waals surface area contributed by atoms with Crippen molar-refractivity contribution in [3.63, 3.8) is 0 Å². The van der Waals surface area contributed by atoms with E-state index in [9.17, 15) is 0 Å². The first kappa shape index (κ1) is 5.96. The summed E-state index contributed by atoms with van der Waals surface area (Å²) in [7, 11) is 0. The molecule has 0 unspecified atom stereocenters.